The molecule has 0 atom stereocenters. The molecular formula is C28H25N3O4S. The third-order valence-electron chi connectivity index (χ3n) is 5.39. The lowest BCUT2D eigenvalue weighted by atomic mass is 10.1. The van der Waals surface area contributed by atoms with Crippen LogP contribution in [0.4, 0.5) is 5.69 Å². The molecule has 0 saturated carbocycles. The van der Waals surface area contributed by atoms with Gasteiger partial charge in [0, 0.05) is 0 Å². The summed E-state index contributed by atoms with van der Waals surface area (Å²) in [5, 5.41) is 4.05. The van der Waals surface area contributed by atoms with Gasteiger partial charge in [-0.25, -0.2) is 13.8 Å². The van der Waals surface area contributed by atoms with Gasteiger partial charge in [0.15, 0.2) is 0 Å². The Labute approximate surface area is 210 Å². The summed E-state index contributed by atoms with van der Waals surface area (Å²) in [6.07, 6.45) is 1.49. The van der Waals surface area contributed by atoms with E-state index in [0.29, 0.717) is 5.75 Å². The summed E-state index contributed by atoms with van der Waals surface area (Å²) in [4.78, 5) is 13.3. The van der Waals surface area contributed by atoms with Crippen LogP contribution in [0.5, 0.6) is 5.75 Å². The Morgan fingerprint density at radius 3 is 2.28 bits per heavy atom. The Bertz CT molecular complexity index is 1460. The van der Waals surface area contributed by atoms with E-state index in [4.69, 9.17) is 4.74 Å². The van der Waals surface area contributed by atoms with Crippen molar-refractivity contribution in [2.75, 3.05) is 11.4 Å². The molecule has 0 spiro atoms. The van der Waals surface area contributed by atoms with Gasteiger partial charge < -0.3 is 4.74 Å². The highest BCUT2D eigenvalue weighted by atomic mass is 32.2. The van der Waals surface area contributed by atoms with Crippen LogP contribution in [0.15, 0.2) is 119 Å². The van der Waals surface area contributed by atoms with E-state index in [9.17, 15) is 13.2 Å². The van der Waals surface area contributed by atoms with E-state index in [0.717, 1.165) is 11.1 Å². The van der Waals surface area contributed by atoms with Crippen LogP contribution in [0.1, 0.15) is 21.5 Å². The maximum atomic E-state index is 13.7. The molecule has 4 rings (SSSR count). The molecule has 8 heteroatoms. The summed E-state index contributed by atoms with van der Waals surface area (Å²) in [6, 6.07) is 31.2. The van der Waals surface area contributed by atoms with Gasteiger partial charge in [-0.05, 0) is 47.5 Å². The van der Waals surface area contributed by atoms with E-state index >= 15 is 0 Å². The Hall–Kier alpha value is -4.43. The number of carbonyl (C=O) groups is 1. The van der Waals surface area contributed by atoms with Crippen molar-refractivity contribution >= 4 is 27.8 Å². The normalized spacial score (nSPS) is 11.2. The van der Waals surface area contributed by atoms with Crippen LogP contribution < -0.4 is 14.5 Å². The molecule has 0 aliphatic rings. The number of ether oxygens (including phenoxy) is 1. The van der Waals surface area contributed by atoms with Crippen molar-refractivity contribution in [1.82, 2.24) is 5.43 Å². The van der Waals surface area contributed by atoms with Crippen LogP contribution in [0, 0.1) is 0 Å². The SMILES string of the molecule is COc1cccc(/C=N\NC(=O)c2ccccc2N(Cc2ccccc2)S(=O)(=O)c2ccccc2)c1. The summed E-state index contributed by atoms with van der Waals surface area (Å²) in [5.41, 5.74) is 4.45. The fourth-order valence-corrected chi connectivity index (χ4v) is 5.09. The highest BCUT2D eigenvalue weighted by Gasteiger charge is 2.28. The van der Waals surface area contributed by atoms with Crippen molar-refractivity contribution in [3.05, 3.63) is 126 Å². The smallest absolute Gasteiger partial charge is 0.273 e. The molecule has 7 nitrogen and oxygen atoms in total. The molecule has 4 aromatic rings. The minimum atomic E-state index is -3.98. The first kappa shape index (κ1) is 24.7. The number of amides is 1. The van der Waals surface area contributed by atoms with Crippen LogP contribution in [-0.2, 0) is 16.6 Å². The molecule has 1 amide bonds. The van der Waals surface area contributed by atoms with Crippen molar-refractivity contribution in [1.29, 1.82) is 0 Å². The Kier molecular flexibility index (Phi) is 7.77. The topological polar surface area (TPSA) is 88.1 Å². The minimum absolute atomic E-state index is 0.0510. The molecule has 36 heavy (non-hydrogen) atoms. The van der Waals surface area contributed by atoms with Crippen molar-refractivity contribution < 1.29 is 17.9 Å². The second kappa shape index (κ2) is 11.3. The number of rotatable bonds is 9. The summed E-state index contributed by atoms with van der Waals surface area (Å²) in [7, 11) is -2.41. The summed E-state index contributed by atoms with van der Waals surface area (Å²) in [6.45, 7) is 0.0510. The van der Waals surface area contributed by atoms with Crippen LogP contribution in [-0.4, -0.2) is 27.6 Å². The number of benzene rings is 4. The number of sulfonamides is 1. The molecular weight excluding hydrogens is 474 g/mol. The molecule has 0 aromatic heterocycles. The number of hydrazone groups is 1. The zero-order valence-corrected chi connectivity index (χ0v) is 20.4. The van der Waals surface area contributed by atoms with Gasteiger partial charge in [-0.2, -0.15) is 5.10 Å². The fraction of sp³-hybridized carbons (Fsp3) is 0.0714. The van der Waals surface area contributed by atoms with Gasteiger partial charge in [0.2, 0.25) is 0 Å². The second-order valence-electron chi connectivity index (χ2n) is 7.80. The lowest BCUT2D eigenvalue weighted by Crippen LogP contribution is -2.33. The highest BCUT2D eigenvalue weighted by molar-refractivity contribution is 7.92. The molecule has 0 radical (unpaired) electrons. The predicted octanol–water partition coefficient (Wildman–Crippen LogP) is 4.85. The first-order chi connectivity index (χ1) is 17.5. The first-order valence-corrected chi connectivity index (χ1v) is 12.6. The van der Waals surface area contributed by atoms with Gasteiger partial charge in [0.1, 0.15) is 5.75 Å². The average molecular weight is 500 g/mol. The maximum Gasteiger partial charge on any atom is 0.273 e. The molecule has 0 heterocycles. The van der Waals surface area contributed by atoms with Crippen LogP contribution in [0.25, 0.3) is 0 Å². The van der Waals surface area contributed by atoms with Crippen molar-refractivity contribution in [3.8, 4) is 5.75 Å². The zero-order chi connectivity index (χ0) is 25.4. The molecule has 4 aromatic carbocycles. The van der Waals surface area contributed by atoms with E-state index in [1.807, 2.05) is 42.5 Å². The number of nitrogens with one attached hydrogen (secondary N) is 1. The zero-order valence-electron chi connectivity index (χ0n) is 19.6. The second-order valence-corrected chi connectivity index (χ2v) is 9.67. The number of anilines is 1. The van der Waals surface area contributed by atoms with Crippen molar-refractivity contribution in [3.63, 3.8) is 0 Å². The Morgan fingerprint density at radius 2 is 1.56 bits per heavy atom. The van der Waals surface area contributed by atoms with Gasteiger partial charge >= 0.3 is 0 Å². The number of hydrogen-bond donors (Lipinski definition) is 1. The molecule has 0 unspecified atom stereocenters. The number of methoxy groups -OCH3 is 1. The number of nitrogens with zero attached hydrogens (tertiary/aromatic N) is 2. The largest absolute Gasteiger partial charge is 0.497 e. The fourth-order valence-electron chi connectivity index (χ4n) is 3.60. The molecule has 0 bridgehead atoms. The van der Waals surface area contributed by atoms with Crippen LogP contribution in [0.2, 0.25) is 0 Å². The van der Waals surface area contributed by atoms with Crippen LogP contribution in [0.3, 0.4) is 0 Å². The number of hydrogen-bond acceptors (Lipinski definition) is 5. The van der Waals surface area contributed by atoms with E-state index in [1.54, 1.807) is 61.7 Å². The molecule has 0 aliphatic carbocycles. The monoisotopic (exact) mass is 499 g/mol. The third-order valence-corrected chi connectivity index (χ3v) is 7.17. The molecule has 0 fully saturated rings. The minimum Gasteiger partial charge on any atom is -0.497 e. The third kappa shape index (κ3) is 5.79. The van der Waals surface area contributed by atoms with Crippen molar-refractivity contribution in [2.24, 2.45) is 5.10 Å². The Balaban J connectivity index is 1.68. The van der Waals surface area contributed by atoms with Crippen molar-refractivity contribution in [2.45, 2.75) is 11.4 Å². The molecule has 182 valence electrons. The predicted molar refractivity (Wildman–Crippen MR) is 141 cm³/mol. The maximum absolute atomic E-state index is 13.7. The van der Waals surface area contributed by atoms with Gasteiger partial charge in [-0.3, -0.25) is 9.10 Å². The summed E-state index contributed by atoms with van der Waals surface area (Å²) >= 11 is 0. The average Bonchev–Trinajstić information content (AvgIpc) is 2.93. The summed E-state index contributed by atoms with van der Waals surface area (Å²) in [5.74, 6) is 0.129. The standard InChI is InChI=1S/C28H25N3O4S/c1-35-24-14-10-13-23(19-24)20-29-30-28(32)26-17-8-9-18-27(26)31(21-22-11-4-2-5-12-22)36(33,34)25-15-6-3-7-16-25/h2-20H,21H2,1H3,(H,30,32)/b29-20-. The van der Waals surface area contributed by atoms with Gasteiger partial charge in [0.25, 0.3) is 15.9 Å². The number of carbonyl (C=O) groups excluding carboxylic acids is 1. The quantitative estimate of drug-likeness (QED) is 0.263. The molecule has 0 aliphatic heterocycles. The lowest BCUT2D eigenvalue weighted by molar-refractivity contribution is 0.0955. The lowest BCUT2D eigenvalue weighted by Gasteiger charge is -2.26. The van der Waals surface area contributed by atoms with Gasteiger partial charge in [-0.1, -0.05) is 72.8 Å². The van der Waals surface area contributed by atoms with Gasteiger partial charge in [-0.15, -0.1) is 0 Å². The van der Waals surface area contributed by atoms with E-state index in [1.165, 1.54) is 22.7 Å². The van der Waals surface area contributed by atoms with E-state index in [-0.39, 0.29) is 22.7 Å². The molecule has 1 N–H and O–H groups in total. The Morgan fingerprint density at radius 1 is 0.889 bits per heavy atom. The van der Waals surface area contributed by atoms with E-state index in [2.05, 4.69) is 10.5 Å². The summed E-state index contributed by atoms with van der Waals surface area (Å²) < 4.78 is 33.9. The van der Waals surface area contributed by atoms with Gasteiger partial charge in [0.05, 0.1) is 36.0 Å². The first-order valence-electron chi connectivity index (χ1n) is 11.2. The number of para-hydroxylation sites is 1. The molecule has 0 saturated heterocycles. The van der Waals surface area contributed by atoms with Crippen LogP contribution >= 0.6 is 0 Å². The highest BCUT2D eigenvalue weighted by Crippen LogP contribution is 2.29. The van der Waals surface area contributed by atoms with E-state index < -0.39 is 15.9 Å².